The molecule has 0 atom stereocenters. The van der Waals surface area contributed by atoms with Crippen LogP contribution in [0.15, 0.2) is 34.2 Å². The van der Waals surface area contributed by atoms with Crippen molar-refractivity contribution in [3.8, 4) is 0 Å². The zero-order valence-corrected chi connectivity index (χ0v) is 21.9. The van der Waals surface area contributed by atoms with Crippen LogP contribution in [0.2, 0.25) is 0 Å². The Bertz CT molecular complexity index is 1410. The maximum absolute atomic E-state index is 12.5. The van der Waals surface area contributed by atoms with E-state index in [0.29, 0.717) is 26.4 Å². The monoisotopic (exact) mass is 526 g/mol. The van der Waals surface area contributed by atoms with Gasteiger partial charge in [-0.25, -0.2) is 9.97 Å². The number of fused-ring (bicyclic) bond motifs is 5. The van der Waals surface area contributed by atoms with Crippen LogP contribution in [0.3, 0.4) is 0 Å². The third-order valence-electron chi connectivity index (χ3n) is 6.51. The number of rotatable bonds is 6. The zero-order chi connectivity index (χ0) is 24.7. The third-order valence-corrected chi connectivity index (χ3v) is 8.75. The molecule has 6 rings (SSSR count). The molecule has 1 saturated heterocycles. The standard InChI is InChI=1S/C25H27N5O4S2/c1-25(2)10-16-17(12-34-25)22(30-5-8-32-9-6-30)29-23-19(16)20-21(36-23)24(28-14-27-20)35-13-18(31)26-11-15-4-3-7-33-15/h3-4,7,14H,5-6,8-13H2,1-2H3,(H,26,31)/p+1. The number of carbonyl (C=O) groups excluding carboxylic acids is 1. The summed E-state index contributed by atoms with van der Waals surface area (Å²) in [5.41, 5.74) is 3.10. The quantitative estimate of drug-likeness (QED) is 0.301. The van der Waals surface area contributed by atoms with Gasteiger partial charge in [0.05, 0.1) is 49.4 Å². The number of hydrogen-bond acceptors (Lipinski definition) is 9. The molecule has 11 heteroatoms. The molecule has 36 heavy (non-hydrogen) atoms. The summed E-state index contributed by atoms with van der Waals surface area (Å²) in [6.45, 7) is 8.22. The van der Waals surface area contributed by atoms with E-state index in [4.69, 9.17) is 23.9 Å². The maximum Gasteiger partial charge on any atom is 0.285 e. The first-order valence-corrected chi connectivity index (χ1v) is 13.8. The number of thioether (sulfide) groups is 1. The summed E-state index contributed by atoms with van der Waals surface area (Å²) in [5, 5.41) is 4.93. The summed E-state index contributed by atoms with van der Waals surface area (Å²) >= 11 is 3.10. The van der Waals surface area contributed by atoms with E-state index in [-0.39, 0.29) is 17.3 Å². The Morgan fingerprint density at radius 3 is 2.97 bits per heavy atom. The average molecular weight is 527 g/mol. The minimum absolute atomic E-state index is 0.0557. The molecule has 4 aromatic heterocycles. The lowest BCUT2D eigenvalue weighted by Gasteiger charge is -2.36. The molecule has 0 aromatic carbocycles. The number of H-pyrrole nitrogens is 1. The Labute approximate surface area is 216 Å². The number of pyridine rings is 1. The average Bonchev–Trinajstić information content (AvgIpc) is 3.53. The van der Waals surface area contributed by atoms with Crippen molar-refractivity contribution >= 4 is 55.3 Å². The van der Waals surface area contributed by atoms with Gasteiger partial charge in [-0.05, 0) is 36.5 Å². The number of aromatic amines is 1. The van der Waals surface area contributed by atoms with Gasteiger partial charge in [-0.15, -0.1) is 11.3 Å². The van der Waals surface area contributed by atoms with Gasteiger partial charge < -0.3 is 24.1 Å². The van der Waals surface area contributed by atoms with E-state index in [1.165, 1.54) is 17.3 Å². The highest BCUT2D eigenvalue weighted by atomic mass is 32.2. The normalized spacial score (nSPS) is 17.4. The third kappa shape index (κ3) is 4.56. The lowest BCUT2D eigenvalue weighted by molar-refractivity contribution is -0.427. The highest BCUT2D eigenvalue weighted by Gasteiger charge is 2.34. The minimum atomic E-state index is -0.262. The first kappa shape index (κ1) is 23.7. The zero-order valence-electron chi connectivity index (χ0n) is 20.3. The highest BCUT2D eigenvalue weighted by Crippen LogP contribution is 2.44. The Balaban J connectivity index is 1.35. The summed E-state index contributed by atoms with van der Waals surface area (Å²) in [5.74, 6) is 1.96. The van der Waals surface area contributed by atoms with E-state index < -0.39 is 0 Å². The number of thiophene rings is 1. The van der Waals surface area contributed by atoms with Gasteiger partial charge in [-0.3, -0.25) is 4.79 Å². The van der Waals surface area contributed by atoms with Crippen molar-refractivity contribution in [2.24, 2.45) is 0 Å². The fourth-order valence-corrected chi connectivity index (χ4v) is 6.83. The molecule has 0 aliphatic carbocycles. The summed E-state index contributed by atoms with van der Waals surface area (Å²) in [7, 11) is 0. The van der Waals surface area contributed by atoms with Gasteiger partial charge in [0.1, 0.15) is 21.1 Å². The fraction of sp³-hybridized carbons (Fsp3) is 0.440. The molecule has 0 spiro atoms. The number of morpholine rings is 1. The maximum atomic E-state index is 12.5. The first-order valence-electron chi connectivity index (χ1n) is 12.0. The van der Waals surface area contributed by atoms with Crippen molar-refractivity contribution in [2.75, 3.05) is 37.0 Å². The summed E-state index contributed by atoms with van der Waals surface area (Å²) < 4.78 is 18.1. The van der Waals surface area contributed by atoms with E-state index in [0.717, 1.165) is 62.1 Å². The van der Waals surface area contributed by atoms with Crippen LogP contribution in [0, 0.1) is 0 Å². The molecule has 1 amide bonds. The van der Waals surface area contributed by atoms with Crippen LogP contribution in [-0.4, -0.2) is 53.5 Å². The van der Waals surface area contributed by atoms with Gasteiger partial charge in [-0.2, -0.15) is 0 Å². The van der Waals surface area contributed by atoms with E-state index >= 15 is 0 Å². The van der Waals surface area contributed by atoms with Crippen molar-refractivity contribution in [1.29, 1.82) is 0 Å². The molecule has 0 radical (unpaired) electrons. The summed E-state index contributed by atoms with van der Waals surface area (Å²) in [6, 6.07) is 3.65. The largest absolute Gasteiger partial charge is 0.467 e. The SMILES string of the molecule is CC1(C)Cc2c(c(N3CCOCC3)nc3sc4c(SCC(=O)NCc5ccco5)[nH+]cnc4c23)CO1. The Kier molecular flexibility index (Phi) is 6.32. The van der Waals surface area contributed by atoms with Gasteiger partial charge in [0.15, 0.2) is 5.03 Å². The van der Waals surface area contributed by atoms with E-state index in [2.05, 4.69) is 29.0 Å². The van der Waals surface area contributed by atoms with Crippen molar-refractivity contribution in [1.82, 2.24) is 15.3 Å². The van der Waals surface area contributed by atoms with Crippen molar-refractivity contribution in [3.63, 3.8) is 0 Å². The Morgan fingerprint density at radius 1 is 1.31 bits per heavy atom. The van der Waals surface area contributed by atoms with Crippen molar-refractivity contribution in [3.05, 3.63) is 41.6 Å². The minimum Gasteiger partial charge on any atom is -0.467 e. The van der Waals surface area contributed by atoms with Crippen LogP contribution in [0.25, 0.3) is 20.4 Å². The molecule has 2 aliphatic rings. The van der Waals surface area contributed by atoms with Gasteiger partial charge in [0.2, 0.25) is 11.4 Å². The van der Waals surface area contributed by atoms with Crippen LogP contribution in [0.1, 0.15) is 30.7 Å². The van der Waals surface area contributed by atoms with E-state index in [9.17, 15) is 4.79 Å². The molecule has 4 aromatic rings. The number of nitrogens with one attached hydrogen (secondary N) is 2. The van der Waals surface area contributed by atoms with Crippen LogP contribution >= 0.6 is 23.1 Å². The number of nitrogens with zero attached hydrogens (tertiary/aromatic N) is 3. The first-order chi connectivity index (χ1) is 17.5. The number of furan rings is 1. The van der Waals surface area contributed by atoms with Gasteiger partial charge >= 0.3 is 0 Å². The van der Waals surface area contributed by atoms with Crippen LogP contribution in [0.4, 0.5) is 5.82 Å². The molecule has 0 unspecified atom stereocenters. The summed E-state index contributed by atoms with van der Waals surface area (Å²) in [4.78, 5) is 28.9. The molecule has 1 fully saturated rings. The second-order valence-electron chi connectivity index (χ2n) is 9.55. The van der Waals surface area contributed by atoms with Gasteiger partial charge in [0.25, 0.3) is 6.33 Å². The smallest absolute Gasteiger partial charge is 0.285 e. The van der Waals surface area contributed by atoms with Crippen LogP contribution in [0.5, 0.6) is 0 Å². The van der Waals surface area contributed by atoms with Crippen molar-refractivity contribution in [2.45, 2.75) is 44.0 Å². The highest BCUT2D eigenvalue weighted by molar-refractivity contribution is 8.00. The molecule has 6 heterocycles. The molecule has 2 N–H and O–H groups in total. The number of aromatic nitrogens is 3. The second-order valence-corrected chi connectivity index (χ2v) is 11.5. The fourth-order valence-electron chi connectivity index (χ4n) is 4.73. The van der Waals surface area contributed by atoms with Gasteiger partial charge in [0, 0.05) is 25.1 Å². The lowest BCUT2D eigenvalue weighted by atomic mass is 9.90. The number of anilines is 1. The molecule has 0 saturated carbocycles. The number of hydrogen-bond donors (Lipinski definition) is 1. The van der Waals surface area contributed by atoms with E-state index in [1.807, 2.05) is 12.1 Å². The molecular formula is C25H28N5O4S2+. The molecule has 2 aliphatic heterocycles. The second kappa shape index (κ2) is 9.62. The molecular weight excluding hydrogens is 498 g/mol. The topological polar surface area (TPSA) is 104 Å². The lowest BCUT2D eigenvalue weighted by Crippen LogP contribution is -2.39. The van der Waals surface area contributed by atoms with Crippen LogP contribution in [-0.2, 0) is 33.8 Å². The van der Waals surface area contributed by atoms with Crippen LogP contribution < -0.4 is 15.2 Å². The van der Waals surface area contributed by atoms with Gasteiger partial charge in [-0.1, -0.05) is 11.8 Å². The molecule has 188 valence electrons. The number of carbonyl (C=O) groups is 1. The summed E-state index contributed by atoms with van der Waals surface area (Å²) in [6.07, 6.45) is 4.11. The Hall–Kier alpha value is -2.73. The Morgan fingerprint density at radius 2 is 2.17 bits per heavy atom. The predicted octanol–water partition coefficient (Wildman–Crippen LogP) is 3.35. The van der Waals surface area contributed by atoms with Crippen molar-refractivity contribution < 1.29 is 23.7 Å². The number of ether oxygens (including phenoxy) is 2. The number of amides is 1. The predicted molar refractivity (Wildman–Crippen MR) is 138 cm³/mol. The van der Waals surface area contributed by atoms with E-state index in [1.54, 1.807) is 23.9 Å². The molecule has 0 bridgehead atoms. The molecule has 9 nitrogen and oxygen atoms in total.